The van der Waals surface area contributed by atoms with Crippen LogP contribution in [0.15, 0.2) is 5.38 Å². The summed E-state index contributed by atoms with van der Waals surface area (Å²) >= 11 is 1.77. The van der Waals surface area contributed by atoms with E-state index in [1.807, 2.05) is 0 Å². The summed E-state index contributed by atoms with van der Waals surface area (Å²) in [6.45, 7) is 11.8. The minimum Gasteiger partial charge on any atom is -0.383 e. The zero-order valence-corrected chi connectivity index (χ0v) is 14.6. The zero-order chi connectivity index (χ0) is 15.3. The van der Waals surface area contributed by atoms with Crippen LogP contribution < -0.4 is 10.2 Å². The Balaban J connectivity index is 1.80. The number of thiazole rings is 1. The number of rotatable bonds is 6. The Morgan fingerprint density at radius 2 is 2.10 bits per heavy atom. The Bertz CT molecular complexity index is 419. The first-order valence-corrected chi connectivity index (χ1v) is 8.77. The maximum atomic E-state index is 5.03. The molecular formula is C16H29N3OS. The van der Waals surface area contributed by atoms with E-state index in [2.05, 4.69) is 36.4 Å². The third-order valence-corrected chi connectivity index (χ3v) is 5.27. The third kappa shape index (κ3) is 4.94. The summed E-state index contributed by atoms with van der Waals surface area (Å²) in [7, 11) is 1.73. The van der Waals surface area contributed by atoms with Crippen LogP contribution in [-0.2, 0) is 11.3 Å². The number of piperidine rings is 1. The van der Waals surface area contributed by atoms with E-state index in [4.69, 9.17) is 9.72 Å². The molecule has 2 rings (SSSR count). The highest BCUT2D eigenvalue weighted by Gasteiger charge is 2.29. The van der Waals surface area contributed by atoms with E-state index in [9.17, 15) is 0 Å². The molecule has 0 radical (unpaired) electrons. The van der Waals surface area contributed by atoms with Gasteiger partial charge in [-0.25, -0.2) is 4.98 Å². The number of nitrogens with zero attached hydrogens (tertiary/aromatic N) is 2. The fraction of sp³-hybridized carbons (Fsp3) is 0.812. The first-order chi connectivity index (χ1) is 10.0. The lowest BCUT2D eigenvalue weighted by Gasteiger charge is -2.38. The Morgan fingerprint density at radius 1 is 1.38 bits per heavy atom. The summed E-state index contributed by atoms with van der Waals surface area (Å²) in [5.74, 6) is 0.837. The third-order valence-electron chi connectivity index (χ3n) is 4.32. The highest BCUT2D eigenvalue weighted by molar-refractivity contribution is 7.13. The van der Waals surface area contributed by atoms with Crippen LogP contribution in [0, 0.1) is 11.3 Å². The number of aromatic nitrogens is 1. The molecule has 1 aromatic rings. The van der Waals surface area contributed by atoms with Crippen molar-refractivity contribution in [2.75, 3.05) is 38.3 Å². The molecule has 2 heterocycles. The first-order valence-electron chi connectivity index (χ1n) is 7.89. The van der Waals surface area contributed by atoms with E-state index in [1.165, 1.54) is 18.0 Å². The molecule has 0 amide bonds. The van der Waals surface area contributed by atoms with Gasteiger partial charge in [-0.05, 0) is 24.2 Å². The van der Waals surface area contributed by atoms with E-state index >= 15 is 0 Å². The molecule has 1 saturated heterocycles. The van der Waals surface area contributed by atoms with Crippen molar-refractivity contribution in [3.8, 4) is 0 Å². The molecule has 1 fully saturated rings. The van der Waals surface area contributed by atoms with Gasteiger partial charge in [0.2, 0.25) is 0 Å². The van der Waals surface area contributed by atoms with Gasteiger partial charge in [-0.1, -0.05) is 20.8 Å². The molecule has 1 aliphatic heterocycles. The Kier molecular flexibility index (Phi) is 6.02. The molecule has 0 atom stereocenters. The summed E-state index contributed by atoms with van der Waals surface area (Å²) in [4.78, 5) is 7.21. The SMILES string of the molecule is COCCNCc1csc(N2CCC(C(C)(C)C)CC2)n1. The van der Waals surface area contributed by atoms with Crippen molar-refractivity contribution in [1.29, 1.82) is 0 Å². The second kappa shape index (κ2) is 7.56. The van der Waals surface area contributed by atoms with Crippen molar-refractivity contribution in [2.24, 2.45) is 11.3 Å². The minimum atomic E-state index is 0.436. The molecule has 0 spiro atoms. The van der Waals surface area contributed by atoms with Gasteiger partial charge in [-0.15, -0.1) is 11.3 Å². The molecule has 5 heteroatoms. The maximum Gasteiger partial charge on any atom is 0.185 e. The van der Waals surface area contributed by atoms with Crippen molar-refractivity contribution in [1.82, 2.24) is 10.3 Å². The van der Waals surface area contributed by atoms with E-state index in [0.29, 0.717) is 5.41 Å². The second-order valence-corrected chi connectivity index (χ2v) is 7.75. The van der Waals surface area contributed by atoms with E-state index in [1.54, 1.807) is 18.4 Å². The summed E-state index contributed by atoms with van der Waals surface area (Å²) in [5.41, 5.74) is 1.58. The van der Waals surface area contributed by atoms with Crippen molar-refractivity contribution in [3.63, 3.8) is 0 Å². The Labute approximate surface area is 132 Å². The number of ether oxygens (including phenoxy) is 1. The maximum absolute atomic E-state index is 5.03. The van der Waals surface area contributed by atoms with Gasteiger partial charge in [0.1, 0.15) is 0 Å². The average Bonchev–Trinajstić information content (AvgIpc) is 2.92. The largest absolute Gasteiger partial charge is 0.383 e. The number of anilines is 1. The molecule has 21 heavy (non-hydrogen) atoms. The molecule has 0 unspecified atom stereocenters. The number of hydrogen-bond donors (Lipinski definition) is 1. The summed E-state index contributed by atoms with van der Waals surface area (Å²) < 4.78 is 5.03. The van der Waals surface area contributed by atoms with Gasteiger partial charge in [0.25, 0.3) is 0 Å². The lowest BCUT2D eigenvalue weighted by atomic mass is 9.75. The molecule has 0 saturated carbocycles. The van der Waals surface area contributed by atoms with Crippen LogP contribution in [-0.4, -0.2) is 38.3 Å². The minimum absolute atomic E-state index is 0.436. The predicted octanol–water partition coefficient (Wildman–Crippen LogP) is 3.14. The molecule has 0 aliphatic carbocycles. The van der Waals surface area contributed by atoms with Gasteiger partial charge in [0.15, 0.2) is 5.13 Å². The topological polar surface area (TPSA) is 37.4 Å². The van der Waals surface area contributed by atoms with Crippen LogP contribution in [0.4, 0.5) is 5.13 Å². The molecule has 120 valence electrons. The molecular weight excluding hydrogens is 282 g/mol. The van der Waals surface area contributed by atoms with Gasteiger partial charge < -0.3 is 15.0 Å². The smallest absolute Gasteiger partial charge is 0.185 e. The normalized spacial score (nSPS) is 17.4. The van der Waals surface area contributed by atoms with Gasteiger partial charge in [-0.2, -0.15) is 0 Å². The standard InChI is InChI=1S/C16H29N3OS/c1-16(2,3)13-5-8-19(9-6-13)15-18-14(12-21-15)11-17-7-10-20-4/h12-13,17H,5-11H2,1-4H3. The number of nitrogens with one attached hydrogen (secondary N) is 1. The lowest BCUT2D eigenvalue weighted by molar-refractivity contribution is 0.198. The summed E-state index contributed by atoms with van der Waals surface area (Å²) in [6.07, 6.45) is 2.56. The molecule has 4 nitrogen and oxygen atoms in total. The fourth-order valence-electron chi connectivity index (χ4n) is 2.85. The van der Waals surface area contributed by atoms with Crippen molar-refractivity contribution in [3.05, 3.63) is 11.1 Å². The van der Waals surface area contributed by atoms with Crippen LogP contribution >= 0.6 is 11.3 Å². The van der Waals surface area contributed by atoms with Crippen LogP contribution in [0.25, 0.3) is 0 Å². The van der Waals surface area contributed by atoms with Gasteiger partial charge in [-0.3, -0.25) is 0 Å². The summed E-state index contributed by atoms with van der Waals surface area (Å²) in [6, 6.07) is 0. The van der Waals surface area contributed by atoms with E-state index in [0.717, 1.165) is 44.4 Å². The zero-order valence-electron chi connectivity index (χ0n) is 13.8. The molecule has 1 aromatic heterocycles. The molecule has 0 aromatic carbocycles. The Hall–Kier alpha value is -0.650. The Morgan fingerprint density at radius 3 is 2.71 bits per heavy atom. The number of methoxy groups -OCH3 is 1. The molecule has 1 aliphatic rings. The van der Waals surface area contributed by atoms with Gasteiger partial charge in [0.05, 0.1) is 12.3 Å². The van der Waals surface area contributed by atoms with Crippen molar-refractivity contribution < 1.29 is 4.74 Å². The summed E-state index contributed by atoms with van der Waals surface area (Å²) in [5, 5.41) is 6.70. The lowest BCUT2D eigenvalue weighted by Crippen LogP contribution is -2.38. The van der Waals surface area contributed by atoms with Crippen molar-refractivity contribution >= 4 is 16.5 Å². The fourth-order valence-corrected chi connectivity index (χ4v) is 3.73. The first kappa shape index (κ1) is 16.7. The highest BCUT2D eigenvalue weighted by Crippen LogP contribution is 2.36. The van der Waals surface area contributed by atoms with Crippen LogP contribution in [0.1, 0.15) is 39.3 Å². The van der Waals surface area contributed by atoms with Gasteiger partial charge in [0, 0.05) is 38.7 Å². The molecule has 1 N–H and O–H groups in total. The molecule has 0 bridgehead atoms. The predicted molar refractivity (Wildman–Crippen MR) is 90.1 cm³/mol. The van der Waals surface area contributed by atoms with E-state index in [-0.39, 0.29) is 0 Å². The second-order valence-electron chi connectivity index (χ2n) is 6.92. The van der Waals surface area contributed by atoms with Crippen molar-refractivity contribution in [2.45, 2.75) is 40.2 Å². The van der Waals surface area contributed by atoms with Gasteiger partial charge >= 0.3 is 0 Å². The number of hydrogen-bond acceptors (Lipinski definition) is 5. The van der Waals surface area contributed by atoms with Crippen LogP contribution in [0.5, 0.6) is 0 Å². The highest BCUT2D eigenvalue weighted by atomic mass is 32.1. The van der Waals surface area contributed by atoms with E-state index < -0.39 is 0 Å². The average molecular weight is 311 g/mol. The van der Waals surface area contributed by atoms with Crippen LogP contribution in [0.2, 0.25) is 0 Å². The van der Waals surface area contributed by atoms with Crippen LogP contribution in [0.3, 0.4) is 0 Å². The quantitative estimate of drug-likeness (QED) is 0.819. The monoisotopic (exact) mass is 311 g/mol.